The topological polar surface area (TPSA) is 119 Å². The summed E-state index contributed by atoms with van der Waals surface area (Å²) >= 11 is 1.53. The summed E-state index contributed by atoms with van der Waals surface area (Å²) in [5.74, 6) is 0.221. The molecule has 1 saturated heterocycles. The number of para-hydroxylation sites is 1. The zero-order valence-corrected chi connectivity index (χ0v) is 20.8. The van der Waals surface area contributed by atoms with Crippen molar-refractivity contribution in [3.63, 3.8) is 0 Å². The molecular weight excluding hydrogens is 476 g/mol. The maximum absolute atomic E-state index is 13.5. The van der Waals surface area contributed by atoms with Crippen molar-refractivity contribution in [3.8, 4) is 11.5 Å². The van der Waals surface area contributed by atoms with Crippen LogP contribution in [0.25, 0.3) is 0 Å². The maximum Gasteiger partial charge on any atom is 0.254 e. The second-order valence-electron chi connectivity index (χ2n) is 8.71. The highest BCUT2D eigenvalue weighted by molar-refractivity contribution is 7.10. The van der Waals surface area contributed by atoms with E-state index in [4.69, 9.17) is 16.2 Å². The van der Waals surface area contributed by atoms with Crippen molar-refractivity contribution in [3.05, 3.63) is 82.0 Å². The van der Waals surface area contributed by atoms with Gasteiger partial charge in [0, 0.05) is 17.0 Å². The molecule has 3 aromatic rings. The number of primary amides is 1. The van der Waals surface area contributed by atoms with Gasteiger partial charge >= 0.3 is 0 Å². The molecule has 36 heavy (non-hydrogen) atoms. The monoisotopic (exact) mass is 506 g/mol. The van der Waals surface area contributed by atoms with Crippen molar-refractivity contribution in [2.24, 2.45) is 11.5 Å². The minimum atomic E-state index is -0.623. The van der Waals surface area contributed by atoms with E-state index in [-0.39, 0.29) is 24.9 Å². The third-order valence-electron chi connectivity index (χ3n) is 6.08. The predicted octanol–water partition coefficient (Wildman–Crippen LogP) is 3.16. The van der Waals surface area contributed by atoms with Crippen LogP contribution in [-0.4, -0.2) is 53.2 Å². The fourth-order valence-corrected chi connectivity index (χ4v) is 5.22. The third-order valence-corrected chi connectivity index (χ3v) is 7.05. The number of nitrogens with zero attached hydrogens (tertiary/aromatic N) is 2. The van der Waals surface area contributed by atoms with E-state index in [1.165, 1.54) is 21.1 Å². The smallest absolute Gasteiger partial charge is 0.254 e. The molecule has 1 fully saturated rings. The summed E-state index contributed by atoms with van der Waals surface area (Å²) < 4.78 is 5.82. The van der Waals surface area contributed by atoms with Gasteiger partial charge in [0.15, 0.2) is 0 Å². The van der Waals surface area contributed by atoms with Gasteiger partial charge in [-0.15, -0.1) is 11.3 Å². The Morgan fingerprint density at radius 1 is 1.06 bits per heavy atom. The van der Waals surface area contributed by atoms with Crippen molar-refractivity contribution >= 4 is 29.1 Å². The molecule has 1 atom stereocenters. The number of rotatable bonds is 10. The summed E-state index contributed by atoms with van der Waals surface area (Å²) in [5, 5.41) is 2.02. The minimum absolute atomic E-state index is 0.144. The highest BCUT2D eigenvalue weighted by atomic mass is 32.1. The zero-order valence-electron chi connectivity index (χ0n) is 20.0. The maximum atomic E-state index is 13.5. The highest BCUT2D eigenvalue weighted by Crippen LogP contribution is 2.24. The van der Waals surface area contributed by atoms with Crippen molar-refractivity contribution < 1.29 is 19.1 Å². The normalized spacial score (nSPS) is 15.0. The van der Waals surface area contributed by atoms with Gasteiger partial charge in [-0.1, -0.05) is 18.2 Å². The number of likely N-dealkylation sites (tertiary alicyclic amines) is 1. The van der Waals surface area contributed by atoms with E-state index in [0.717, 1.165) is 16.9 Å². The molecule has 1 aromatic heterocycles. The summed E-state index contributed by atoms with van der Waals surface area (Å²) in [6.45, 7) is 1.13. The number of thiophene rings is 1. The van der Waals surface area contributed by atoms with E-state index in [1.54, 1.807) is 24.3 Å². The first-order valence-electron chi connectivity index (χ1n) is 11.9. The highest BCUT2D eigenvalue weighted by Gasteiger charge is 2.34. The fourth-order valence-electron chi connectivity index (χ4n) is 4.28. The van der Waals surface area contributed by atoms with Crippen molar-refractivity contribution in [1.29, 1.82) is 0 Å². The Kier molecular flexibility index (Phi) is 8.35. The Morgan fingerprint density at radius 3 is 2.47 bits per heavy atom. The van der Waals surface area contributed by atoms with Gasteiger partial charge in [-0.2, -0.15) is 0 Å². The molecule has 0 aliphatic carbocycles. The molecule has 0 spiro atoms. The number of carbonyl (C=O) groups excluding carboxylic acids is 3. The molecule has 0 saturated carbocycles. The van der Waals surface area contributed by atoms with Gasteiger partial charge in [0.05, 0.1) is 6.54 Å². The number of benzene rings is 2. The van der Waals surface area contributed by atoms with Crippen LogP contribution in [0.15, 0.2) is 66.0 Å². The molecule has 1 unspecified atom stereocenters. The number of hydrogen-bond donors (Lipinski definition) is 2. The SMILES string of the molecule is NCCc1csc(CN(CC(=O)N2CCCC2C(N)=O)C(=O)c2ccc(Oc3ccccc3)cc2)c1. The van der Waals surface area contributed by atoms with Crippen molar-refractivity contribution in [2.75, 3.05) is 19.6 Å². The Bertz CT molecular complexity index is 1200. The van der Waals surface area contributed by atoms with E-state index < -0.39 is 11.9 Å². The zero-order chi connectivity index (χ0) is 25.5. The summed E-state index contributed by atoms with van der Waals surface area (Å²) in [7, 11) is 0. The van der Waals surface area contributed by atoms with Crippen LogP contribution < -0.4 is 16.2 Å². The van der Waals surface area contributed by atoms with E-state index in [1.807, 2.05) is 41.8 Å². The molecule has 0 bridgehead atoms. The number of amides is 3. The molecule has 4 N–H and O–H groups in total. The van der Waals surface area contributed by atoms with Gasteiger partial charge in [0.1, 0.15) is 24.1 Å². The lowest BCUT2D eigenvalue weighted by Gasteiger charge is -2.27. The van der Waals surface area contributed by atoms with Crippen molar-refractivity contribution in [1.82, 2.24) is 9.80 Å². The van der Waals surface area contributed by atoms with Crippen molar-refractivity contribution in [2.45, 2.75) is 31.8 Å². The molecular formula is C27H30N4O4S. The lowest BCUT2D eigenvalue weighted by molar-refractivity contribution is -0.137. The quantitative estimate of drug-likeness (QED) is 0.438. The summed E-state index contributed by atoms with van der Waals surface area (Å²) in [6.07, 6.45) is 2.01. The van der Waals surface area contributed by atoms with Gasteiger partial charge in [-0.3, -0.25) is 14.4 Å². The molecule has 188 valence electrons. The number of nitrogens with two attached hydrogens (primary N) is 2. The van der Waals surface area contributed by atoms with Crippen LogP contribution in [0.5, 0.6) is 11.5 Å². The summed E-state index contributed by atoms with van der Waals surface area (Å²) in [4.78, 5) is 42.4. The molecule has 0 radical (unpaired) electrons. The molecule has 1 aliphatic rings. The molecule has 2 heterocycles. The lowest BCUT2D eigenvalue weighted by atomic mass is 10.1. The fraction of sp³-hybridized carbons (Fsp3) is 0.296. The molecule has 1 aliphatic heterocycles. The van der Waals surface area contributed by atoms with Gasteiger partial charge < -0.3 is 26.0 Å². The first-order valence-corrected chi connectivity index (χ1v) is 12.8. The summed E-state index contributed by atoms with van der Waals surface area (Å²) in [6, 6.07) is 17.6. The van der Waals surface area contributed by atoms with Crippen LogP contribution in [0.3, 0.4) is 0 Å². The summed E-state index contributed by atoms with van der Waals surface area (Å²) in [5.41, 5.74) is 12.7. The van der Waals surface area contributed by atoms with Crippen LogP contribution in [0.2, 0.25) is 0 Å². The van der Waals surface area contributed by atoms with Crippen LogP contribution in [-0.2, 0) is 22.6 Å². The lowest BCUT2D eigenvalue weighted by Crippen LogP contribution is -2.48. The first-order chi connectivity index (χ1) is 17.4. The predicted molar refractivity (Wildman–Crippen MR) is 139 cm³/mol. The molecule has 9 heteroatoms. The van der Waals surface area contributed by atoms with Gasteiger partial charge in [-0.25, -0.2) is 0 Å². The van der Waals surface area contributed by atoms with Crippen LogP contribution in [0.4, 0.5) is 0 Å². The second kappa shape index (κ2) is 11.8. The average molecular weight is 507 g/mol. The van der Waals surface area contributed by atoms with Crippen LogP contribution in [0, 0.1) is 0 Å². The van der Waals surface area contributed by atoms with Crippen LogP contribution >= 0.6 is 11.3 Å². The second-order valence-corrected chi connectivity index (χ2v) is 9.70. The number of hydrogen-bond acceptors (Lipinski definition) is 6. The molecule has 3 amide bonds. The van der Waals surface area contributed by atoms with E-state index >= 15 is 0 Å². The molecule has 8 nitrogen and oxygen atoms in total. The standard InChI is InChI=1S/C27H30N4O4S/c28-13-12-19-15-23(36-18-19)16-30(17-25(32)31-14-4-7-24(31)26(29)33)27(34)20-8-10-22(11-9-20)35-21-5-2-1-3-6-21/h1-3,5-6,8-11,15,18,24H,4,7,12-14,16-17,28H2,(H2,29,33). The largest absolute Gasteiger partial charge is 0.457 e. The van der Waals surface area contributed by atoms with E-state index in [0.29, 0.717) is 43.0 Å². The molecule has 4 rings (SSSR count). The Morgan fingerprint density at radius 2 is 1.78 bits per heavy atom. The van der Waals surface area contributed by atoms with E-state index in [2.05, 4.69) is 0 Å². The number of carbonyl (C=O) groups is 3. The Labute approximate surface area is 214 Å². The minimum Gasteiger partial charge on any atom is -0.457 e. The van der Waals surface area contributed by atoms with E-state index in [9.17, 15) is 14.4 Å². The molecule has 2 aromatic carbocycles. The first kappa shape index (κ1) is 25.4. The Hall–Kier alpha value is -3.69. The van der Waals surface area contributed by atoms with Gasteiger partial charge in [-0.05, 0) is 79.2 Å². The average Bonchev–Trinajstić information content (AvgIpc) is 3.55. The third kappa shape index (κ3) is 6.30. The van der Waals surface area contributed by atoms with Crippen LogP contribution in [0.1, 0.15) is 33.6 Å². The van der Waals surface area contributed by atoms with Gasteiger partial charge in [0.25, 0.3) is 5.91 Å². The number of ether oxygens (including phenoxy) is 1. The Balaban J connectivity index is 1.52. The van der Waals surface area contributed by atoms with Gasteiger partial charge in [0.2, 0.25) is 11.8 Å².